The fraction of sp³-hybridized carbons (Fsp3) is 0.379. The van der Waals surface area contributed by atoms with Gasteiger partial charge in [0.2, 0.25) is 0 Å². The molecule has 4 aromatic rings. The number of likely N-dealkylation sites (tertiary alicyclic amines) is 1. The van der Waals surface area contributed by atoms with Crippen molar-refractivity contribution in [3.05, 3.63) is 77.7 Å². The number of carbonyl (C=O) groups excluding carboxylic acids is 2. The summed E-state index contributed by atoms with van der Waals surface area (Å²) in [5, 5.41) is 10.0. The summed E-state index contributed by atoms with van der Waals surface area (Å²) < 4.78 is 8.86. The van der Waals surface area contributed by atoms with Crippen LogP contribution in [0.1, 0.15) is 52.0 Å². The Morgan fingerprint density at radius 1 is 1.08 bits per heavy atom. The molecule has 0 unspecified atom stereocenters. The molecule has 0 atom stereocenters. The minimum atomic E-state index is 0.0774. The number of aromatic nitrogens is 4. The highest BCUT2D eigenvalue weighted by Crippen LogP contribution is 2.25. The third-order valence-corrected chi connectivity index (χ3v) is 7.29. The van der Waals surface area contributed by atoms with Gasteiger partial charge in [-0.05, 0) is 80.1 Å². The van der Waals surface area contributed by atoms with Gasteiger partial charge in [-0.25, -0.2) is 4.68 Å². The number of fused-ring (bicyclic) bond motifs is 1. The molecule has 37 heavy (non-hydrogen) atoms. The fourth-order valence-electron chi connectivity index (χ4n) is 5.13. The highest BCUT2D eigenvalue weighted by Gasteiger charge is 2.24. The summed E-state index contributed by atoms with van der Waals surface area (Å²) in [7, 11) is 1.65. The predicted molar refractivity (Wildman–Crippen MR) is 142 cm³/mol. The Hall–Kier alpha value is -3.78. The maximum atomic E-state index is 13.0. The Kier molecular flexibility index (Phi) is 7.46. The Morgan fingerprint density at radius 3 is 2.57 bits per heavy atom. The van der Waals surface area contributed by atoms with Crippen LogP contribution >= 0.6 is 0 Å². The molecule has 0 radical (unpaired) electrons. The minimum Gasteiger partial charge on any atom is -0.385 e. The first-order valence-electron chi connectivity index (χ1n) is 12.9. The summed E-state index contributed by atoms with van der Waals surface area (Å²) >= 11 is 0. The van der Waals surface area contributed by atoms with Gasteiger partial charge in [-0.15, -0.1) is 0 Å². The largest absolute Gasteiger partial charge is 0.385 e. The monoisotopic (exact) mass is 499 g/mol. The van der Waals surface area contributed by atoms with Gasteiger partial charge in [0.25, 0.3) is 5.91 Å². The molecular formula is C29H33N5O3. The molecule has 192 valence electrons. The third kappa shape index (κ3) is 5.49. The molecule has 8 nitrogen and oxygen atoms in total. The highest BCUT2D eigenvalue weighted by molar-refractivity contribution is 6.01. The number of piperidine rings is 1. The van der Waals surface area contributed by atoms with E-state index in [1.165, 1.54) is 0 Å². The highest BCUT2D eigenvalue weighted by atomic mass is 16.5. The van der Waals surface area contributed by atoms with Crippen LogP contribution in [0.4, 0.5) is 0 Å². The number of amides is 1. The van der Waals surface area contributed by atoms with Crippen LogP contribution in [0.5, 0.6) is 0 Å². The van der Waals surface area contributed by atoms with Crippen LogP contribution in [-0.2, 0) is 11.3 Å². The van der Waals surface area contributed by atoms with Gasteiger partial charge < -0.3 is 9.64 Å². The van der Waals surface area contributed by atoms with Crippen LogP contribution in [-0.4, -0.2) is 63.0 Å². The summed E-state index contributed by atoms with van der Waals surface area (Å²) in [6, 6.07) is 13.3. The summed E-state index contributed by atoms with van der Waals surface area (Å²) in [5.74, 6) is 0.682. The second-order valence-electron chi connectivity index (χ2n) is 9.77. The maximum Gasteiger partial charge on any atom is 0.253 e. The lowest BCUT2D eigenvalue weighted by Crippen LogP contribution is -2.39. The average molecular weight is 500 g/mol. The molecule has 1 aliphatic rings. The molecule has 1 fully saturated rings. The third-order valence-electron chi connectivity index (χ3n) is 7.29. The van der Waals surface area contributed by atoms with E-state index in [0.29, 0.717) is 24.5 Å². The van der Waals surface area contributed by atoms with Gasteiger partial charge in [0.05, 0.1) is 11.2 Å². The van der Waals surface area contributed by atoms with Crippen LogP contribution < -0.4 is 0 Å². The Bertz CT molecular complexity index is 1370. The Labute approximate surface area is 216 Å². The lowest BCUT2D eigenvalue weighted by Gasteiger charge is -2.32. The molecule has 1 aliphatic heterocycles. The number of Topliss-reactive ketones (excluding diaryl/α,β-unsaturated/α-hetero) is 1. The van der Waals surface area contributed by atoms with Crippen molar-refractivity contribution in [2.24, 2.45) is 5.92 Å². The van der Waals surface area contributed by atoms with Crippen molar-refractivity contribution in [1.82, 2.24) is 24.5 Å². The zero-order chi connectivity index (χ0) is 25.8. The number of aryl methyl sites for hydroxylation is 1. The number of carbonyl (C=O) groups is 2. The molecule has 2 aromatic heterocycles. The van der Waals surface area contributed by atoms with Crippen LogP contribution in [0.15, 0.2) is 61.1 Å². The molecule has 0 spiro atoms. The first kappa shape index (κ1) is 24.9. The molecule has 8 heteroatoms. The van der Waals surface area contributed by atoms with Gasteiger partial charge in [0.1, 0.15) is 0 Å². The van der Waals surface area contributed by atoms with E-state index in [-0.39, 0.29) is 11.7 Å². The Balaban J connectivity index is 1.18. The molecule has 0 aliphatic carbocycles. The van der Waals surface area contributed by atoms with E-state index in [4.69, 9.17) is 9.84 Å². The second-order valence-corrected chi connectivity index (χ2v) is 9.77. The zero-order valence-electron chi connectivity index (χ0n) is 21.5. The van der Waals surface area contributed by atoms with Crippen molar-refractivity contribution in [2.75, 3.05) is 26.8 Å². The zero-order valence-corrected chi connectivity index (χ0v) is 21.5. The van der Waals surface area contributed by atoms with E-state index in [9.17, 15) is 9.59 Å². The Morgan fingerprint density at radius 2 is 1.86 bits per heavy atom. The van der Waals surface area contributed by atoms with Gasteiger partial charge in [0, 0.05) is 74.9 Å². The topological polar surface area (TPSA) is 82.3 Å². The van der Waals surface area contributed by atoms with Crippen molar-refractivity contribution in [3.63, 3.8) is 0 Å². The van der Waals surface area contributed by atoms with Gasteiger partial charge >= 0.3 is 0 Å². The van der Waals surface area contributed by atoms with Gasteiger partial charge in [-0.1, -0.05) is 0 Å². The quantitative estimate of drug-likeness (QED) is 0.246. The molecule has 5 rings (SSSR count). The number of nitrogens with zero attached hydrogens (tertiary/aromatic N) is 5. The normalized spacial score (nSPS) is 14.4. The van der Waals surface area contributed by atoms with Crippen molar-refractivity contribution < 1.29 is 14.3 Å². The summed E-state index contributed by atoms with van der Waals surface area (Å²) in [6.45, 7) is 4.89. The molecule has 3 heterocycles. The lowest BCUT2D eigenvalue weighted by molar-refractivity contribution is 0.0681. The molecule has 0 saturated carbocycles. The van der Waals surface area contributed by atoms with Crippen LogP contribution in [0.25, 0.3) is 16.6 Å². The van der Waals surface area contributed by atoms with E-state index in [1.54, 1.807) is 18.0 Å². The summed E-state index contributed by atoms with van der Waals surface area (Å²) in [6.07, 6.45) is 8.78. The van der Waals surface area contributed by atoms with Crippen molar-refractivity contribution in [2.45, 2.75) is 39.2 Å². The molecular weight excluding hydrogens is 466 g/mol. The van der Waals surface area contributed by atoms with Gasteiger partial charge in [-0.2, -0.15) is 10.2 Å². The van der Waals surface area contributed by atoms with Crippen LogP contribution in [0.3, 0.4) is 0 Å². The second kappa shape index (κ2) is 11.1. The first-order chi connectivity index (χ1) is 18.0. The SMILES string of the molecule is COCCCC(=O)c1ccc2nn(CC3CCN(C(=O)c4ccc(-n5cccn5)cc4)CC3)cc2c1C. The smallest absolute Gasteiger partial charge is 0.253 e. The molecule has 0 bridgehead atoms. The molecule has 2 aromatic carbocycles. The molecule has 1 amide bonds. The van der Waals surface area contributed by atoms with Crippen molar-refractivity contribution >= 4 is 22.6 Å². The van der Waals surface area contributed by atoms with Crippen LogP contribution in [0, 0.1) is 12.8 Å². The van der Waals surface area contributed by atoms with Crippen molar-refractivity contribution in [3.8, 4) is 5.69 Å². The minimum absolute atomic E-state index is 0.0774. The average Bonchev–Trinajstić information content (AvgIpc) is 3.60. The maximum absolute atomic E-state index is 13.0. The number of ketones is 1. The standard InChI is InChI=1S/C29H33N5O3/c1-21-25(28(35)5-3-18-37-2)10-11-27-26(21)20-33(31-27)19-22-12-16-32(17-13-22)29(36)23-6-8-24(9-7-23)34-15-4-14-30-34/h4,6-11,14-15,20,22H,3,5,12-13,16-19H2,1-2H3. The fourth-order valence-corrected chi connectivity index (χ4v) is 5.13. The van der Waals surface area contributed by atoms with Gasteiger partial charge in [-0.3, -0.25) is 14.3 Å². The number of hydrogen-bond donors (Lipinski definition) is 0. The van der Waals surface area contributed by atoms with E-state index in [0.717, 1.165) is 66.6 Å². The number of ether oxygens (including phenoxy) is 1. The van der Waals surface area contributed by atoms with E-state index >= 15 is 0 Å². The summed E-state index contributed by atoms with van der Waals surface area (Å²) in [5.41, 5.74) is 4.32. The van der Waals surface area contributed by atoms with E-state index < -0.39 is 0 Å². The number of rotatable bonds is 9. The number of hydrogen-bond acceptors (Lipinski definition) is 5. The summed E-state index contributed by atoms with van der Waals surface area (Å²) in [4.78, 5) is 27.6. The number of benzene rings is 2. The van der Waals surface area contributed by atoms with Crippen LogP contribution in [0.2, 0.25) is 0 Å². The predicted octanol–water partition coefficient (Wildman–Crippen LogP) is 4.69. The van der Waals surface area contributed by atoms with E-state index in [1.807, 2.05) is 65.2 Å². The number of methoxy groups -OCH3 is 1. The van der Waals surface area contributed by atoms with E-state index in [2.05, 4.69) is 11.3 Å². The first-order valence-corrected chi connectivity index (χ1v) is 12.9. The lowest BCUT2D eigenvalue weighted by atomic mass is 9.96. The molecule has 0 N–H and O–H groups in total. The molecule has 1 saturated heterocycles. The van der Waals surface area contributed by atoms with Crippen molar-refractivity contribution in [1.29, 1.82) is 0 Å². The van der Waals surface area contributed by atoms with Gasteiger partial charge in [0.15, 0.2) is 5.78 Å².